The highest BCUT2D eigenvalue weighted by atomic mass is 16.2. The lowest BCUT2D eigenvalue weighted by atomic mass is 10.2. The minimum Gasteiger partial charge on any atom is -0.368 e. The zero-order valence-corrected chi connectivity index (χ0v) is 15.3. The SMILES string of the molecule is Cc1ccc(-n2c(=O)cc(N3CCN(c4ccccc4)CC3)[nH]c2=O)cc1. The number of hydrogen-bond acceptors (Lipinski definition) is 4. The van der Waals surface area contributed by atoms with Crippen molar-refractivity contribution in [1.29, 1.82) is 0 Å². The number of nitrogens with one attached hydrogen (secondary N) is 1. The van der Waals surface area contributed by atoms with Gasteiger partial charge in [0.2, 0.25) is 0 Å². The second-order valence-electron chi connectivity index (χ2n) is 6.78. The van der Waals surface area contributed by atoms with Crippen molar-refractivity contribution in [2.24, 2.45) is 0 Å². The molecular formula is C21H22N4O2. The normalized spacial score (nSPS) is 14.4. The number of nitrogens with zero attached hydrogens (tertiary/aromatic N) is 3. The number of piperazine rings is 1. The largest absolute Gasteiger partial charge is 0.368 e. The lowest BCUT2D eigenvalue weighted by molar-refractivity contribution is 0.643. The molecule has 0 radical (unpaired) electrons. The summed E-state index contributed by atoms with van der Waals surface area (Å²) in [5.74, 6) is 0.584. The van der Waals surface area contributed by atoms with Crippen LogP contribution in [0.25, 0.3) is 5.69 Å². The lowest BCUT2D eigenvalue weighted by Crippen LogP contribution is -2.48. The summed E-state index contributed by atoms with van der Waals surface area (Å²) in [7, 11) is 0. The van der Waals surface area contributed by atoms with Gasteiger partial charge in [-0.15, -0.1) is 0 Å². The average Bonchev–Trinajstić information content (AvgIpc) is 2.70. The van der Waals surface area contributed by atoms with Crippen LogP contribution in [0.5, 0.6) is 0 Å². The van der Waals surface area contributed by atoms with Crippen molar-refractivity contribution in [3.05, 3.63) is 87.1 Å². The molecule has 1 N–H and O–H groups in total. The lowest BCUT2D eigenvalue weighted by Gasteiger charge is -2.36. The van der Waals surface area contributed by atoms with Crippen molar-refractivity contribution >= 4 is 11.5 Å². The van der Waals surface area contributed by atoms with E-state index in [1.165, 1.54) is 16.3 Å². The fourth-order valence-corrected chi connectivity index (χ4v) is 3.44. The number of aryl methyl sites for hydroxylation is 1. The molecule has 3 aromatic rings. The molecule has 0 atom stereocenters. The summed E-state index contributed by atoms with van der Waals surface area (Å²) in [5.41, 5.74) is 2.12. The zero-order valence-electron chi connectivity index (χ0n) is 15.3. The second-order valence-corrected chi connectivity index (χ2v) is 6.78. The van der Waals surface area contributed by atoms with E-state index < -0.39 is 5.69 Å². The molecule has 2 heterocycles. The maximum atomic E-state index is 12.6. The van der Waals surface area contributed by atoms with Crippen LogP contribution in [-0.2, 0) is 0 Å². The maximum absolute atomic E-state index is 12.6. The Morgan fingerprint density at radius 2 is 1.41 bits per heavy atom. The van der Waals surface area contributed by atoms with Crippen LogP contribution in [0, 0.1) is 6.92 Å². The summed E-state index contributed by atoms with van der Waals surface area (Å²) in [6.45, 7) is 5.15. The molecule has 0 bridgehead atoms. The molecule has 4 rings (SSSR count). The van der Waals surface area contributed by atoms with Crippen LogP contribution in [0.15, 0.2) is 70.3 Å². The van der Waals surface area contributed by atoms with E-state index in [0.717, 1.165) is 31.7 Å². The highest BCUT2D eigenvalue weighted by Gasteiger charge is 2.19. The summed E-state index contributed by atoms with van der Waals surface area (Å²) in [4.78, 5) is 32.4. The molecule has 0 saturated carbocycles. The van der Waals surface area contributed by atoms with Crippen molar-refractivity contribution in [3.63, 3.8) is 0 Å². The van der Waals surface area contributed by atoms with Crippen LogP contribution in [0.1, 0.15) is 5.56 Å². The quantitative estimate of drug-likeness (QED) is 0.776. The number of H-pyrrole nitrogens is 1. The molecule has 138 valence electrons. The standard InChI is InChI=1S/C21H22N4O2/c1-16-7-9-18(10-8-16)25-20(26)15-19(22-21(25)27)24-13-11-23(12-14-24)17-5-3-2-4-6-17/h2-10,15H,11-14H2,1H3,(H,22,27). The van der Waals surface area contributed by atoms with Gasteiger partial charge in [0.25, 0.3) is 5.56 Å². The first-order valence-corrected chi connectivity index (χ1v) is 9.10. The van der Waals surface area contributed by atoms with Crippen LogP contribution < -0.4 is 21.0 Å². The zero-order chi connectivity index (χ0) is 18.8. The average molecular weight is 362 g/mol. The van der Waals surface area contributed by atoms with Gasteiger partial charge in [0.05, 0.1) is 5.69 Å². The first-order chi connectivity index (χ1) is 13.1. The molecule has 1 fully saturated rings. The molecule has 1 aliphatic heterocycles. The summed E-state index contributed by atoms with van der Waals surface area (Å²) in [6, 6.07) is 19.1. The van der Waals surface area contributed by atoms with E-state index in [1.54, 1.807) is 12.1 Å². The molecule has 1 saturated heterocycles. The fraction of sp³-hybridized carbons (Fsp3) is 0.238. The Labute approximate surface area is 157 Å². The van der Waals surface area contributed by atoms with Crippen molar-refractivity contribution < 1.29 is 0 Å². The number of hydrogen-bond donors (Lipinski definition) is 1. The van der Waals surface area contributed by atoms with E-state index in [9.17, 15) is 9.59 Å². The maximum Gasteiger partial charge on any atom is 0.334 e. The Bertz CT molecular complexity index is 999. The van der Waals surface area contributed by atoms with E-state index in [0.29, 0.717) is 11.5 Å². The van der Waals surface area contributed by atoms with Gasteiger partial charge in [-0.3, -0.25) is 9.78 Å². The third-order valence-electron chi connectivity index (χ3n) is 4.95. The van der Waals surface area contributed by atoms with E-state index in [2.05, 4.69) is 26.9 Å². The highest BCUT2D eigenvalue weighted by Crippen LogP contribution is 2.17. The summed E-state index contributed by atoms with van der Waals surface area (Å²) in [6.07, 6.45) is 0. The van der Waals surface area contributed by atoms with Crippen LogP contribution in [0.3, 0.4) is 0 Å². The highest BCUT2D eigenvalue weighted by molar-refractivity contribution is 5.49. The van der Waals surface area contributed by atoms with Crippen molar-refractivity contribution in [1.82, 2.24) is 9.55 Å². The van der Waals surface area contributed by atoms with E-state index >= 15 is 0 Å². The van der Waals surface area contributed by atoms with Gasteiger partial charge in [0.15, 0.2) is 0 Å². The van der Waals surface area contributed by atoms with Gasteiger partial charge in [-0.05, 0) is 31.2 Å². The minimum absolute atomic E-state index is 0.317. The molecule has 2 aromatic carbocycles. The molecule has 0 aliphatic carbocycles. The molecule has 0 amide bonds. The van der Waals surface area contributed by atoms with Crippen molar-refractivity contribution in [3.8, 4) is 5.69 Å². The first-order valence-electron chi connectivity index (χ1n) is 9.10. The Morgan fingerprint density at radius 3 is 2.04 bits per heavy atom. The third kappa shape index (κ3) is 3.51. The fourth-order valence-electron chi connectivity index (χ4n) is 3.44. The molecule has 0 spiro atoms. The van der Waals surface area contributed by atoms with Crippen molar-refractivity contribution in [2.75, 3.05) is 36.0 Å². The van der Waals surface area contributed by atoms with E-state index in [4.69, 9.17) is 0 Å². The van der Waals surface area contributed by atoms with Gasteiger partial charge in [0.1, 0.15) is 5.82 Å². The number of para-hydroxylation sites is 1. The third-order valence-corrected chi connectivity index (χ3v) is 4.95. The molecule has 1 aromatic heterocycles. The predicted octanol–water partition coefficient (Wildman–Crippen LogP) is 2.16. The van der Waals surface area contributed by atoms with Gasteiger partial charge in [0, 0.05) is 37.9 Å². The van der Waals surface area contributed by atoms with Gasteiger partial charge in [-0.1, -0.05) is 35.9 Å². The predicted molar refractivity (Wildman–Crippen MR) is 108 cm³/mol. The Kier molecular flexibility index (Phi) is 4.54. The van der Waals surface area contributed by atoms with E-state index in [1.807, 2.05) is 37.3 Å². The number of rotatable bonds is 3. The van der Waals surface area contributed by atoms with Crippen LogP contribution in [-0.4, -0.2) is 35.7 Å². The van der Waals surface area contributed by atoms with E-state index in [-0.39, 0.29) is 5.56 Å². The summed E-state index contributed by atoms with van der Waals surface area (Å²) in [5, 5.41) is 0. The molecule has 0 unspecified atom stereocenters. The van der Waals surface area contributed by atoms with Crippen LogP contribution in [0.4, 0.5) is 11.5 Å². The number of aromatic amines is 1. The second kappa shape index (κ2) is 7.15. The Hall–Kier alpha value is -3.28. The molecule has 6 nitrogen and oxygen atoms in total. The number of aromatic nitrogens is 2. The summed E-state index contributed by atoms with van der Waals surface area (Å²) >= 11 is 0. The van der Waals surface area contributed by atoms with Crippen molar-refractivity contribution in [2.45, 2.75) is 6.92 Å². The Morgan fingerprint density at radius 1 is 0.778 bits per heavy atom. The Balaban J connectivity index is 1.55. The molecule has 27 heavy (non-hydrogen) atoms. The minimum atomic E-state index is -0.410. The van der Waals surface area contributed by atoms with Gasteiger partial charge >= 0.3 is 5.69 Å². The summed E-state index contributed by atoms with van der Waals surface area (Å²) < 4.78 is 1.17. The number of benzene rings is 2. The first kappa shape index (κ1) is 17.1. The van der Waals surface area contributed by atoms with Crippen LogP contribution >= 0.6 is 0 Å². The van der Waals surface area contributed by atoms with Gasteiger partial charge < -0.3 is 9.80 Å². The molecular weight excluding hydrogens is 340 g/mol. The monoisotopic (exact) mass is 362 g/mol. The topological polar surface area (TPSA) is 61.3 Å². The van der Waals surface area contributed by atoms with Gasteiger partial charge in [-0.25, -0.2) is 9.36 Å². The smallest absolute Gasteiger partial charge is 0.334 e. The van der Waals surface area contributed by atoms with Gasteiger partial charge in [-0.2, -0.15) is 0 Å². The molecule has 1 aliphatic rings. The van der Waals surface area contributed by atoms with Crippen LogP contribution in [0.2, 0.25) is 0 Å². The molecule has 6 heteroatoms. The number of anilines is 2.